The molecule has 2 atom stereocenters. The number of thiocarbonyl (C=S) groups is 1. The fourth-order valence-electron chi connectivity index (χ4n) is 2.98. The molecule has 1 aromatic rings. The first-order valence-corrected chi connectivity index (χ1v) is 8.52. The van der Waals surface area contributed by atoms with Crippen LogP contribution in [-0.4, -0.2) is 55.8 Å². The largest absolute Gasteiger partial charge is 0.383 e. The second kappa shape index (κ2) is 8.94. The van der Waals surface area contributed by atoms with Crippen LogP contribution in [0.4, 0.5) is 4.39 Å². The second-order valence-electron chi connectivity index (χ2n) is 5.79. The number of hydrogen-bond acceptors (Lipinski definition) is 3. The highest BCUT2D eigenvalue weighted by molar-refractivity contribution is 7.80. The molecule has 1 aromatic carbocycles. The van der Waals surface area contributed by atoms with Gasteiger partial charge in [-0.25, -0.2) is 4.39 Å². The number of amides is 1. The summed E-state index contributed by atoms with van der Waals surface area (Å²) in [5.41, 5.74) is 0.823. The predicted octanol–water partition coefficient (Wildman–Crippen LogP) is 1.50. The van der Waals surface area contributed by atoms with Gasteiger partial charge in [-0.3, -0.25) is 4.79 Å². The van der Waals surface area contributed by atoms with Crippen LogP contribution in [-0.2, 0) is 9.53 Å². The minimum Gasteiger partial charge on any atom is -0.383 e. The average molecular weight is 353 g/mol. The number of carbonyl (C=O) groups is 1. The molecule has 5 nitrogen and oxygen atoms in total. The second-order valence-corrected chi connectivity index (χ2v) is 6.18. The summed E-state index contributed by atoms with van der Waals surface area (Å²) in [5, 5.41) is 6.63. The van der Waals surface area contributed by atoms with Gasteiger partial charge in [0.25, 0.3) is 0 Å². The summed E-state index contributed by atoms with van der Waals surface area (Å²) in [7, 11) is 1.59. The van der Waals surface area contributed by atoms with E-state index in [0.29, 0.717) is 31.4 Å². The summed E-state index contributed by atoms with van der Waals surface area (Å²) >= 11 is 5.38. The number of nitrogens with one attached hydrogen (secondary N) is 2. The Hall–Kier alpha value is -1.73. The molecule has 1 amide bonds. The number of methoxy groups -OCH3 is 1. The molecule has 7 heteroatoms. The minimum atomic E-state index is -0.293. The Morgan fingerprint density at radius 1 is 1.42 bits per heavy atom. The van der Waals surface area contributed by atoms with Crippen molar-refractivity contribution in [3.8, 4) is 0 Å². The Bertz CT molecular complexity index is 585. The Balaban J connectivity index is 2.16. The Morgan fingerprint density at radius 2 is 2.21 bits per heavy atom. The van der Waals surface area contributed by atoms with E-state index in [0.717, 1.165) is 12.1 Å². The fourth-order valence-corrected chi connectivity index (χ4v) is 3.27. The molecule has 0 aliphatic carbocycles. The predicted molar refractivity (Wildman–Crippen MR) is 95.4 cm³/mol. The van der Waals surface area contributed by atoms with Crippen LogP contribution < -0.4 is 10.6 Å². The van der Waals surface area contributed by atoms with Gasteiger partial charge in [0.1, 0.15) is 5.82 Å². The molecule has 0 spiro atoms. The lowest BCUT2D eigenvalue weighted by molar-refractivity contribution is -0.125. The van der Waals surface area contributed by atoms with E-state index in [1.165, 1.54) is 12.1 Å². The van der Waals surface area contributed by atoms with Gasteiger partial charge in [-0.2, -0.15) is 0 Å². The van der Waals surface area contributed by atoms with Crippen molar-refractivity contribution in [3.63, 3.8) is 0 Å². The van der Waals surface area contributed by atoms with Gasteiger partial charge in [0.15, 0.2) is 5.11 Å². The maximum absolute atomic E-state index is 13.6. The molecule has 0 saturated carbocycles. The van der Waals surface area contributed by atoms with E-state index in [-0.39, 0.29) is 23.6 Å². The SMILES string of the molecule is CCNC(=S)N1CC(C(=O)NCCOC)C(c2cccc(F)c2)C1. The molecule has 1 saturated heterocycles. The Labute approximate surface area is 147 Å². The molecule has 1 heterocycles. The van der Waals surface area contributed by atoms with Gasteiger partial charge in [0, 0.05) is 39.2 Å². The highest BCUT2D eigenvalue weighted by atomic mass is 32.1. The van der Waals surface area contributed by atoms with Gasteiger partial charge < -0.3 is 20.3 Å². The third kappa shape index (κ3) is 4.64. The number of hydrogen-bond donors (Lipinski definition) is 2. The zero-order chi connectivity index (χ0) is 17.5. The van der Waals surface area contributed by atoms with E-state index in [9.17, 15) is 9.18 Å². The Morgan fingerprint density at radius 3 is 2.88 bits per heavy atom. The van der Waals surface area contributed by atoms with Crippen LogP contribution >= 0.6 is 12.2 Å². The van der Waals surface area contributed by atoms with E-state index in [4.69, 9.17) is 17.0 Å². The minimum absolute atomic E-state index is 0.0527. The molecule has 1 fully saturated rings. The zero-order valence-electron chi connectivity index (χ0n) is 14.0. The van der Waals surface area contributed by atoms with Crippen LogP contribution in [0.3, 0.4) is 0 Å². The number of benzene rings is 1. The molecule has 2 rings (SSSR count). The molecular formula is C17H24FN3O2S. The number of nitrogens with zero attached hydrogens (tertiary/aromatic N) is 1. The van der Waals surface area contributed by atoms with E-state index >= 15 is 0 Å². The number of halogens is 1. The van der Waals surface area contributed by atoms with Crippen LogP contribution in [0.2, 0.25) is 0 Å². The summed E-state index contributed by atoms with van der Waals surface area (Å²) < 4.78 is 18.6. The molecule has 24 heavy (non-hydrogen) atoms. The first kappa shape index (κ1) is 18.6. The van der Waals surface area contributed by atoms with Crippen molar-refractivity contribution in [1.29, 1.82) is 0 Å². The number of rotatable bonds is 6. The quantitative estimate of drug-likeness (QED) is 0.600. The molecule has 1 aliphatic rings. The highest BCUT2D eigenvalue weighted by Crippen LogP contribution is 2.33. The van der Waals surface area contributed by atoms with Crippen LogP contribution in [0.15, 0.2) is 24.3 Å². The van der Waals surface area contributed by atoms with Crippen LogP contribution in [0, 0.1) is 11.7 Å². The average Bonchev–Trinajstić information content (AvgIpc) is 3.01. The summed E-state index contributed by atoms with van der Waals surface area (Å²) in [6.07, 6.45) is 0. The lowest BCUT2D eigenvalue weighted by atomic mass is 9.88. The van der Waals surface area contributed by atoms with E-state index in [1.54, 1.807) is 13.2 Å². The van der Waals surface area contributed by atoms with Crippen molar-refractivity contribution >= 4 is 23.2 Å². The fraction of sp³-hybridized carbons (Fsp3) is 0.529. The smallest absolute Gasteiger partial charge is 0.225 e. The number of ether oxygens (including phenoxy) is 1. The van der Waals surface area contributed by atoms with Gasteiger partial charge in [-0.05, 0) is 36.8 Å². The summed E-state index contributed by atoms with van der Waals surface area (Å²) in [6, 6.07) is 6.45. The van der Waals surface area contributed by atoms with E-state index < -0.39 is 0 Å². The van der Waals surface area contributed by atoms with Gasteiger partial charge in [-0.15, -0.1) is 0 Å². The molecule has 132 valence electrons. The van der Waals surface area contributed by atoms with Crippen molar-refractivity contribution in [2.45, 2.75) is 12.8 Å². The maximum Gasteiger partial charge on any atom is 0.225 e. The molecule has 2 unspecified atom stereocenters. The third-order valence-corrected chi connectivity index (χ3v) is 4.56. The topological polar surface area (TPSA) is 53.6 Å². The first-order valence-electron chi connectivity index (χ1n) is 8.11. The highest BCUT2D eigenvalue weighted by Gasteiger charge is 2.39. The maximum atomic E-state index is 13.6. The molecule has 1 aliphatic heterocycles. The van der Waals surface area contributed by atoms with Crippen molar-refractivity contribution in [2.75, 3.05) is 39.9 Å². The summed E-state index contributed by atoms with van der Waals surface area (Å²) in [4.78, 5) is 14.5. The van der Waals surface area contributed by atoms with Crippen LogP contribution in [0.25, 0.3) is 0 Å². The molecule has 0 aromatic heterocycles. The van der Waals surface area contributed by atoms with Gasteiger partial charge in [0.2, 0.25) is 5.91 Å². The lowest BCUT2D eigenvalue weighted by Gasteiger charge is -2.19. The molecule has 0 radical (unpaired) electrons. The van der Waals surface area contributed by atoms with Crippen LogP contribution in [0.5, 0.6) is 0 Å². The summed E-state index contributed by atoms with van der Waals surface area (Å²) in [5.74, 6) is -0.720. The molecule has 0 bridgehead atoms. The van der Waals surface area contributed by atoms with Crippen molar-refractivity contribution in [1.82, 2.24) is 15.5 Å². The Kier molecular flexibility index (Phi) is 6.93. The van der Waals surface area contributed by atoms with Crippen molar-refractivity contribution < 1.29 is 13.9 Å². The van der Waals surface area contributed by atoms with E-state index in [2.05, 4.69) is 10.6 Å². The number of likely N-dealkylation sites (tertiary alicyclic amines) is 1. The normalized spacial score (nSPS) is 20.0. The van der Waals surface area contributed by atoms with E-state index in [1.807, 2.05) is 17.9 Å². The molecular weight excluding hydrogens is 329 g/mol. The standard InChI is InChI=1S/C17H24FN3O2S/c1-3-19-17(24)21-10-14(12-5-4-6-13(18)9-12)15(11-21)16(22)20-7-8-23-2/h4-6,9,14-15H,3,7-8,10-11H2,1-2H3,(H,19,24)(H,20,22). The monoisotopic (exact) mass is 353 g/mol. The first-order chi connectivity index (χ1) is 11.6. The summed E-state index contributed by atoms with van der Waals surface area (Å²) in [6.45, 7) is 4.73. The molecule has 2 N–H and O–H groups in total. The van der Waals surface area contributed by atoms with Gasteiger partial charge in [0.05, 0.1) is 12.5 Å². The zero-order valence-corrected chi connectivity index (χ0v) is 14.9. The third-order valence-electron chi connectivity index (χ3n) is 4.15. The van der Waals surface area contributed by atoms with Crippen LogP contribution in [0.1, 0.15) is 18.4 Å². The lowest BCUT2D eigenvalue weighted by Crippen LogP contribution is -2.40. The van der Waals surface area contributed by atoms with Gasteiger partial charge >= 0.3 is 0 Å². The van der Waals surface area contributed by atoms with Crippen molar-refractivity contribution in [2.24, 2.45) is 5.92 Å². The van der Waals surface area contributed by atoms with Crippen molar-refractivity contribution in [3.05, 3.63) is 35.6 Å². The number of carbonyl (C=O) groups excluding carboxylic acids is 1. The van der Waals surface area contributed by atoms with Gasteiger partial charge in [-0.1, -0.05) is 12.1 Å².